The van der Waals surface area contributed by atoms with E-state index in [0.717, 1.165) is 60.9 Å². The van der Waals surface area contributed by atoms with Crippen LogP contribution < -0.4 is 0 Å². The lowest BCUT2D eigenvalue weighted by Crippen LogP contribution is -2.03. The number of nitrogens with zero attached hydrogens (tertiary/aromatic N) is 5. The largest absolute Gasteiger partial charge is 0.309 e. The SMILES string of the molecule is c1ccc(-n2c3ccccc3c3c4c5ccccc5n(-c5cccc6c5c5ccccc5n6-c5nc(-c6ccc7ccccc7c6)c6ccccc6n5)c4ccc32)cc1. The van der Waals surface area contributed by atoms with Gasteiger partial charge in [0.05, 0.1) is 50.0 Å². The molecule has 9 aromatic carbocycles. The van der Waals surface area contributed by atoms with Crippen molar-refractivity contribution in [2.24, 2.45) is 0 Å². The molecule has 0 bridgehead atoms. The van der Waals surface area contributed by atoms with Gasteiger partial charge in [-0.3, -0.25) is 4.57 Å². The summed E-state index contributed by atoms with van der Waals surface area (Å²) < 4.78 is 7.13. The summed E-state index contributed by atoms with van der Waals surface area (Å²) in [6.45, 7) is 0. The molecular weight excluding hydrogens is 719 g/mol. The van der Waals surface area contributed by atoms with Crippen molar-refractivity contribution in [1.29, 1.82) is 0 Å². The van der Waals surface area contributed by atoms with Gasteiger partial charge < -0.3 is 9.13 Å². The maximum Gasteiger partial charge on any atom is 0.235 e. The first-order valence-electron chi connectivity index (χ1n) is 20.1. The van der Waals surface area contributed by atoms with E-state index in [1.54, 1.807) is 0 Å². The third-order valence-electron chi connectivity index (χ3n) is 12.2. The van der Waals surface area contributed by atoms with Crippen LogP contribution in [0.5, 0.6) is 0 Å². The van der Waals surface area contributed by atoms with Gasteiger partial charge in [0.1, 0.15) is 0 Å². The van der Waals surface area contributed by atoms with Crippen molar-refractivity contribution in [2.75, 3.05) is 0 Å². The van der Waals surface area contributed by atoms with E-state index in [1.807, 2.05) is 0 Å². The van der Waals surface area contributed by atoms with Crippen LogP contribution in [0.15, 0.2) is 200 Å². The molecule has 0 fully saturated rings. The summed E-state index contributed by atoms with van der Waals surface area (Å²) >= 11 is 0. The molecule has 59 heavy (non-hydrogen) atoms. The van der Waals surface area contributed by atoms with Crippen molar-refractivity contribution in [1.82, 2.24) is 23.7 Å². The highest BCUT2D eigenvalue weighted by molar-refractivity contribution is 6.29. The van der Waals surface area contributed by atoms with Gasteiger partial charge >= 0.3 is 0 Å². The smallest absolute Gasteiger partial charge is 0.235 e. The van der Waals surface area contributed by atoms with Crippen molar-refractivity contribution in [3.63, 3.8) is 0 Å². The Labute approximate surface area is 338 Å². The summed E-state index contributed by atoms with van der Waals surface area (Å²) in [6.07, 6.45) is 0. The number of hydrogen-bond acceptors (Lipinski definition) is 2. The number of rotatable bonds is 4. The molecule has 0 unspecified atom stereocenters. The first-order valence-corrected chi connectivity index (χ1v) is 20.1. The molecule has 4 heterocycles. The van der Waals surface area contributed by atoms with E-state index in [-0.39, 0.29) is 0 Å². The molecule has 0 atom stereocenters. The van der Waals surface area contributed by atoms with Crippen LogP contribution in [0.4, 0.5) is 0 Å². The van der Waals surface area contributed by atoms with Crippen LogP contribution in [-0.2, 0) is 0 Å². The highest BCUT2D eigenvalue weighted by Crippen LogP contribution is 2.44. The third kappa shape index (κ3) is 4.55. The van der Waals surface area contributed by atoms with E-state index < -0.39 is 0 Å². The first-order chi connectivity index (χ1) is 29.3. The van der Waals surface area contributed by atoms with Gasteiger partial charge in [-0.1, -0.05) is 133 Å². The fourth-order valence-corrected chi connectivity index (χ4v) is 9.76. The zero-order valence-corrected chi connectivity index (χ0v) is 31.8. The van der Waals surface area contributed by atoms with Crippen molar-refractivity contribution in [3.05, 3.63) is 200 Å². The number of fused-ring (bicyclic) bond motifs is 12. The highest BCUT2D eigenvalue weighted by atomic mass is 15.2. The zero-order valence-electron chi connectivity index (χ0n) is 31.8. The molecule has 0 spiro atoms. The minimum Gasteiger partial charge on any atom is -0.309 e. The summed E-state index contributed by atoms with van der Waals surface area (Å²) in [5, 5.41) is 10.7. The van der Waals surface area contributed by atoms with E-state index in [2.05, 4.69) is 214 Å². The standard InChI is InChI=1S/C54H33N5/c1-2-17-37(18-3-1)57-43-24-11-8-21-40(43)51-48(57)31-32-49-52(51)41-22-9-12-25-44(41)58(49)46-27-14-28-47-50(46)39-20-7-13-26-45(39)59(47)54-55-42-23-10-6-19-38(42)53(56-54)36-30-29-34-15-4-5-16-35(34)33-36/h1-33H. The van der Waals surface area contributed by atoms with Gasteiger partial charge in [0.2, 0.25) is 5.95 Å². The molecule has 13 rings (SSSR count). The van der Waals surface area contributed by atoms with Crippen LogP contribution in [0.3, 0.4) is 0 Å². The van der Waals surface area contributed by atoms with Gasteiger partial charge in [0.15, 0.2) is 0 Å². The average Bonchev–Trinajstić information content (AvgIpc) is 3.94. The predicted octanol–water partition coefficient (Wildman–Crippen LogP) is 13.7. The number of hydrogen-bond donors (Lipinski definition) is 0. The summed E-state index contributed by atoms with van der Waals surface area (Å²) in [6, 6.07) is 71.8. The Morgan fingerprint density at radius 1 is 0.322 bits per heavy atom. The summed E-state index contributed by atoms with van der Waals surface area (Å²) in [7, 11) is 0. The summed E-state index contributed by atoms with van der Waals surface area (Å²) in [4.78, 5) is 10.7. The van der Waals surface area contributed by atoms with Gasteiger partial charge in [-0.2, -0.15) is 0 Å². The van der Waals surface area contributed by atoms with Crippen LogP contribution in [0, 0.1) is 0 Å². The minimum atomic E-state index is 0.646. The highest BCUT2D eigenvalue weighted by Gasteiger charge is 2.24. The van der Waals surface area contributed by atoms with Gasteiger partial charge in [-0.25, -0.2) is 9.97 Å². The Kier molecular flexibility index (Phi) is 6.66. The topological polar surface area (TPSA) is 40.6 Å². The predicted molar refractivity (Wildman–Crippen MR) is 245 cm³/mol. The Morgan fingerprint density at radius 3 is 1.61 bits per heavy atom. The molecule has 0 amide bonds. The van der Waals surface area contributed by atoms with Crippen LogP contribution in [0.25, 0.3) is 116 Å². The second kappa shape index (κ2) is 12.2. The molecule has 0 aliphatic heterocycles. The van der Waals surface area contributed by atoms with Crippen LogP contribution >= 0.6 is 0 Å². The first kappa shape index (κ1) is 32.1. The second-order valence-corrected chi connectivity index (χ2v) is 15.4. The molecule has 0 saturated heterocycles. The van der Waals surface area contributed by atoms with Crippen molar-refractivity contribution < 1.29 is 0 Å². The fraction of sp³-hybridized carbons (Fsp3) is 0. The lowest BCUT2D eigenvalue weighted by atomic mass is 10.0. The van der Waals surface area contributed by atoms with E-state index in [4.69, 9.17) is 9.97 Å². The normalized spacial score (nSPS) is 12.1. The number of para-hydroxylation sites is 5. The Morgan fingerprint density at radius 2 is 0.864 bits per heavy atom. The molecule has 274 valence electrons. The molecular formula is C54H33N5. The molecule has 0 aliphatic carbocycles. The van der Waals surface area contributed by atoms with Gasteiger partial charge in [-0.05, 0) is 77.5 Å². The average molecular weight is 752 g/mol. The van der Waals surface area contributed by atoms with Crippen LogP contribution in [0.2, 0.25) is 0 Å². The third-order valence-corrected chi connectivity index (χ3v) is 12.2. The number of benzene rings is 9. The molecule has 0 radical (unpaired) electrons. The van der Waals surface area contributed by atoms with Gasteiger partial charge in [-0.15, -0.1) is 0 Å². The van der Waals surface area contributed by atoms with E-state index >= 15 is 0 Å². The lowest BCUT2D eigenvalue weighted by molar-refractivity contribution is 1.01. The van der Waals surface area contributed by atoms with Crippen molar-refractivity contribution in [2.45, 2.75) is 0 Å². The van der Waals surface area contributed by atoms with Crippen LogP contribution in [0.1, 0.15) is 0 Å². The fourth-order valence-electron chi connectivity index (χ4n) is 9.76. The van der Waals surface area contributed by atoms with E-state index in [9.17, 15) is 0 Å². The molecule has 13 aromatic rings. The summed E-state index contributed by atoms with van der Waals surface area (Å²) in [5.74, 6) is 0.646. The summed E-state index contributed by atoms with van der Waals surface area (Å²) in [5.41, 5.74) is 12.0. The molecule has 0 aliphatic rings. The quantitative estimate of drug-likeness (QED) is 0.180. The Bertz CT molecular complexity index is 3850. The van der Waals surface area contributed by atoms with Crippen LogP contribution in [-0.4, -0.2) is 23.7 Å². The maximum atomic E-state index is 5.45. The van der Waals surface area contributed by atoms with E-state index in [1.165, 1.54) is 48.9 Å². The monoisotopic (exact) mass is 751 g/mol. The number of aromatic nitrogens is 5. The molecule has 0 saturated carbocycles. The minimum absolute atomic E-state index is 0.646. The molecule has 5 heteroatoms. The maximum absolute atomic E-state index is 5.45. The van der Waals surface area contributed by atoms with Gasteiger partial charge in [0.25, 0.3) is 0 Å². The molecule has 0 N–H and O–H groups in total. The Balaban J connectivity index is 1.12. The lowest BCUT2D eigenvalue weighted by Gasteiger charge is -2.13. The molecule has 5 nitrogen and oxygen atoms in total. The molecule has 4 aromatic heterocycles. The zero-order chi connectivity index (χ0) is 38.6. The van der Waals surface area contributed by atoms with Crippen molar-refractivity contribution in [3.8, 4) is 28.6 Å². The van der Waals surface area contributed by atoms with E-state index in [0.29, 0.717) is 5.95 Å². The Hall–Kier alpha value is -8.02. The second-order valence-electron chi connectivity index (χ2n) is 15.4. The van der Waals surface area contributed by atoms with Gasteiger partial charge in [0, 0.05) is 49.0 Å². The van der Waals surface area contributed by atoms with Crippen molar-refractivity contribution >= 4 is 87.1 Å².